The van der Waals surface area contributed by atoms with Gasteiger partial charge in [0.2, 0.25) is 5.91 Å². The quantitative estimate of drug-likeness (QED) is 0.450. The third-order valence-electron chi connectivity index (χ3n) is 5.99. The minimum absolute atomic E-state index is 0.0424. The van der Waals surface area contributed by atoms with E-state index in [1.165, 1.54) is 23.9 Å². The van der Waals surface area contributed by atoms with Crippen molar-refractivity contribution in [3.05, 3.63) is 100 Å². The van der Waals surface area contributed by atoms with Gasteiger partial charge in [-0.2, -0.15) is 10.1 Å². The molecule has 5 rings (SSSR count). The van der Waals surface area contributed by atoms with Crippen LogP contribution in [-0.4, -0.2) is 33.0 Å². The van der Waals surface area contributed by atoms with Gasteiger partial charge < -0.3 is 5.32 Å². The summed E-state index contributed by atoms with van der Waals surface area (Å²) in [6, 6.07) is 21.1. The Kier molecular flexibility index (Phi) is 6.89. The number of amides is 2. The topological polar surface area (TPSA) is 74.1 Å². The van der Waals surface area contributed by atoms with Crippen molar-refractivity contribution in [3.8, 4) is 0 Å². The molecule has 2 heterocycles. The summed E-state index contributed by atoms with van der Waals surface area (Å²) in [6.45, 7) is 2.02. The van der Waals surface area contributed by atoms with Gasteiger partial charge in [0.1, 0.15) is 11.1 Å². The number of benzene rings is 3. The average Bonchev–Trinajstić information content (AvgIpc) is 3.45. The molecule has 0 fully saturated rings. The maximum absolute atomic E-state index is 13.5. The molecule has 0 aromatic heterocycles. The van der Waals surface area contributed by atoms with Gasteiger partial charge in [-0.1, -0.05) is 77.5 Å². The van der Waals surface area contributed by atoms with Crippen LogP contribution < -0.4 is 5.32 Å². The van der Waals surface area contributed by atoms with E-state index in [9.17, 15) is 14.0 Å². The van der Waals surface area contributed by atoms with E-state index >= 15 is 0 Å². The molecule has 2 amide bonds. The van der Waals surface area contributed by atoms with Crippen LogP contribution in [0.4, 0.5) is 10.1 Å². The Morgan fingerprint density at radius 1 is 1.11 bits per heavy atom. The molecular weight excluding hydrogens is 499 g/mol. The molecule has 3 aromatic rings. The molecule has 0 saturated heterocycles. The lowest BCUT2D eigenvalue weighted by molar-refractivity contribution is -0.121. The van der Waals surface area contributed by atoms with E-state index < -0.39 is 5.25 Å². The second-order valence-corrected chi connectivity index (χ2v) is 10.2. The maximum Gasteiger partial charge on any atom is 0.262 e. The summed E-state index contributed by atoms with van der Waals surface area (Å²) in [5.74, 6) is -1.02. The maximum atomic E-state index is 13.5. The number of aryl methyl sites for hydroxylation is 1. The Hall–Kier alpha value is -3.49. The number of aliphatic imine (C=N–C) groups is 1. The Bertz CT molecular complexity index is 1380. The van der Waals surface area contributed by atoms with Gasteiger partial charge in [0.15, 0.2) is 5.17 Å². The summed E-state index contributed by atoms with van der Waals surface area (Å²) >= 11 is 7.35. The van der Waals surface area contributed by atoms with Crippen molar-refractivity contribution < 1.29 is 14.0 Å². The molecule has 2 atom stereocenters. The number of para-hydroxylation sites is 1. The molecule has 0 spiro atoms. The predicted octanol–water partition coefficient (Wildman–Crippen LogP) is 5.97. The van der Waals surface area contributed by atoms with Crippen LogP contribution >= 0.6 is 23.4 Å². The minimum Gasteiger partial charge on any atom is -0.325 e. The van der Waals surface area contributed by atoms with E-state index in [4.69, 9.17) is 16.7 Å². The normalized spacial score (nSPS) is 19.3. The second kappa shape index (κ2) is 10.2. The summed E-state index contributed by atoms with van der Waals surface area (Å²) in [5.41, 5.74) is 4.23. The molecule has 2 aliphatic rings. The molecule has 6 nitrogen and oxygen atoms in total. The van der Waals surface area contributed by atoms with Crippen LogP contribution in [0.2, 0.25) is 5.02 Å². The molecular formula is C27H22ClFN4O2S. The standard InChI is InChI=1S/C27H22ClFN4O2S/c1-16-6-8-18(9-7-16)23-14-22(17-10-12-19(29)13-11-17)32-33(23)27-31-26(35)24(36-27)15-25(34)30-21-5-3-2-4-20(21)28/h2-13,23-24H,14-15H2,1H3,(H,30,34)/t23-,24-/m1/s1. The van der Waals surface area contributed by atoms with Crippen LogP contribution in [0.1, 0.15) is 35.6 Å². The van der Waals surface area contributed by atoms with Gasteiger partial charge >= 0.3 is 0 Å². The number of nitrogens with zero attached hydrogens (tertiary/aromatic N) is 3. The van der Waals surface area contributed by atoms with Crippen molar-refractivity contribution in [2.45, 2.75) is 31.1 Å². The van der Waals surface area contributed by atoms with E-state index in [2.05, 4.69) is 10.3 Å². The highest BCUT2D eigenvalue weighted by atomic mass is 35.5. The molecule has 36 heavy (non-hydrogen) atoms. The van der Waals surface area contributed by atoms with Gasteiger partial charge in [0.25, 0.3) is 5.91 Å². The molecule has 0 saturated carbocycles. The first-order valence-electron chi connectivity index (χ1n) is 11.4. The molecule has 0 unspecified atom stereocenters. The number of carbonyl (C=O) groups excluding carboxylic acids is 2. The minimum atomic E-state index is -0.661. The van der Waals surface area contributed by atoms with Crippen LogP contribution in [0.25, 0.3) is 0 Å². The Morgan fingerprint density at radius 3 is 2.56 bits per heavy atom. The summed E-state index contributed by atoms with van der Waals surface area (Å²) in [5, 5.41) is 9.49. The molecule has 3 aromatic carbocycles. The Morgan fingerprint density at radius 2 is 1.83 bits per heavy atom. The van der Waals surface area contributed by atoms with Crippen molar-refractivity contribution in [1.82, 2.24) is 5.01 Å². The van der Waals surface area contributed by atoms with Crippen molar-refractivity contribution in [3.63, 3.8) is 0 Å². The third-order valence-corrected chi connectivity index (χ3v) is 7.47. The Labute approximate surface area is 217 Å². The highest BCUT2D eigenvalue weighted by Crippen LogP contribution is 2.38. The zero-order valence-corrected chi connectivity index (χ0v) is 20.9. The lowest BCUT2D eigenvalue weighted by Gasteiger charge is -2.23. The Balaban J connectivity index is 1.36. The van der Waals surface area contributed by atoms with Gasteiger partial charge in [0.05, 0.1) is 22.5 Å². The first-order chi connectivity index (χ1) is 17.4. The number of carbonyl (C=O) groups is 2. The molecule has 1 N–H and O–H groups in total. The number of hydrogen-bond acceptors (Lipinski definition) is 5. The fourth-order valence-electron chi connectivity index (χ4n) is 4.09. The van der Waals surface area contributed by atoms with Gasteiger partial charge in [-0.05, 0) is 42.3 Å². The van der Waals surface area contributed by atoms with Gasteiger partial charge in [-0.15, -0.1) is 0 Å². The van der Waals surface area contributed by atoms with Crippen molar-refractivity contribution >= 4 is 51.7 Å². The molecule has 9 heteroatoms. The molecule has 0 radical (unpaired) electrons. The van der Waals surface area contributed by atoms with E-state index in [1.807, 2.05) is 31.2 Å². The monoisotopic (exact) mass is 520 g/mol. The third kappa shape index (κ3) is 5.20. The molecule has 2 aliphatic heterocycles. The van der Waals surface area contributed by atoms with Crippen molar-refractivity contribution in [1.29, 1.82) is 0 Å². The van der Waals surface area contributed by atoms with E-state index in [0.717, 1.165) is 22.4 Å². The van der Waals surface area contributed by atoms with Gasteiger partial charge in [0, 0.05) is 12.8 Å². The number of hydrazone groups is 1. The molecule has 0 aliphatic carbocycles. The molecule has 0 bridgehead atoms. The largest absolute Gasteiger partial charge is 0.325 e. The highest BCUT2D eigenvalue weighted by Gasteiger charge is 2.39. The number of thioether (sulfide) groups is 1. The van der Waals surface area contributed by atoms with E-state index in [1.54, 1.807) is 41.4 Å². The fraction of sp³-hybridized carbons (Fsp3) is 0.185. The zero-order valence-electron chi connectivity index (χ0n) is 19.3. The summed E-state index contributed by atoms with van der Waals surface area (Å²) < 4.78 is 13.5. The van der Waals surface area contributed by atoms with Gasteiger partial charge in [-0.3, -0.25) is 9.59 Å². The van der Waals surface area contributed by atoms with Gasteiger partial charge in [-0.25, -0.2) is 9.40 Å². The summed E-state index contributed by atoms with van der Waals surface area (Å²) in [4.78, 5) is 29.6. The van der Waals surface area contributed by atoms with Crippen LogP contribution in [0.5, 0.6) is 0 Å². The van der Waals surface area contributed by atoms with E-state index in [0.29, 0.717) is 22.3 Å². The first-order valence-corrected chi connectivity index (χ1v) is 12.7. The van der Waals surface area contributed by atoms with Crippen LogP contribution in [0, 0.1) is 12.7 Å². The number of nitrogens with one attached hydrogen (secondary N) is 1. The number of halogens is 2. The van der Waals surface area contributed by atoms with Crippen molar-refractivity contribution in [2.75, 3.05) is 5.32 Å². The smallest absolute Gasteiger partial charge is 0.262 e. The number of anilines is 1. The number of hydrogen-bond donors (Lipinski definition) is 1. The van der Waals surface area contributed by atoms with Crippen LogP contribution in [0.15, 0.2) is 82.9 Å². The number of rotatable bonds is 5. The van der Waals surface area contributed by atoms with E-state index in [-0.39, 0.29) is 30.1 Å². The predicted molar refractivity (Wildman–Crippen MR) is 142 cm³/mol. The summed E-state index contributed by atoms with van der Waals surface area (Å²) in [7, 11) is 0. The lowest BCUT2D eigenvalue weighted by atomic mass is 9.98. The van der Waals surface area contributed by atoms with Crippen LogP contribution in [-0.2, 0) is 9.59 Å². The molecule has 182 valence electrons. The average molecular weight is 521 g/mol. The second-order valence-electron chi connectivity index (χ2n) is 8.60. The fourth-order valence-corrected chi connectivity index (χ4v) is 5.33. The highest BCUT2D eigenvalue weighted by molar-refractivity contribution is 8.15. The van der Waals surface area contributed by atoms with Crippen molar-refractivity contribution in [2.24, 2.45) is 10.1 Å². The first kappa shape index (κ1) is 24.2. The number of amidine groups is 1. The lowest BCUT2D eigenvalue weighted by Crippen LogP contribution is -2.25. The van der Waals surface area contributed by atoms with Crippen LogP contribution in [0.3, 0.4) is 0 Å². The summed E-state index contributed by atoms with van der Waals surface area (Å²) in [6.07, 6.45) is 0.527. The SMILES string of the molecule is Cc1ccc([C@H]2CC(c3ccc(F)cc3)=NN2C2=NC(=O)[C@@H](CC(=O)Nc3ccccc3Cl)S2)cc1. The zero-order chi connectivity index (χ0) is 25.2.